The number of benzene rings is 1. The maximum atomic E-state index is 12.7. The van der Waals surface area contributed by atoms with Crippen LogP contribution in [0, 0.1) is 0 Å². The number of imidazole rings is 1. The Kier molecular flexibility index (Phi) is 4.61. The zero-order valence-corrected chi connectivity index (χ0v) is 16.7. The Morgan fingerprint density at radius 3 is 2.62 bits per heavy atom. The fourth-order valence-electron chi connectivity index (χ4n) is 4.14. The van der Waals surface area contributed by atoms with E-state index >= 15 is 0 Å². The summed E-state index contributed by atoms with van der Waals surface area (Å²) in [5.74, 6) is -0.0610. The number of aromatic nitrogens is 5. The Hall–Kier alpha value is -3.89. The Labute approximate surface area is 179 Å². The standard InChI is InChI=1S/C21H18F3N7O/c22-21(23,24)16-8-30(11-28-16)9-17(32)29-12-4-6-13(7-5-12)31-15-3-1-2-14(15)18-19(31)20(25)27-10-26-18/h4-8,10-11H,1-3,9H2,(H,29,32)(H2,25,26,27). The number of anilines is 2. The van der Waals surface area contributed by atoms with Gasteiger partial charge in [-0.3, -0.25) is 4.79 Å². The topological polar surface area (TPSA) is 104 Å². The fraction of sp³-hybridized carbons (Fsp3) is 0.238. The molecule has 1 amide bonds. The van der Waals surface area contributed by atoms with Crippen LogP contribution in [0.2, 0.25) is 0 Å². The summed E-state index contributed by atoms with van der Waals surface area (Å²) in [7, 11) is 0. The number of alkyl halides is 3. The molecule has 1 aliphatic carbocycles. The zero-order valence-electron chi connectivity index (χ0n) is 16.7. The van der Waals surface area contributed by atoms with Crippen LogP contribution < -0.4 is 11.1 Å². The highest BCUT2D eigenvalue weighted by Gasteiger charge is 2.33. The first-order valence-electron chi connectivity index (χ1n) is 9.93. The highest BCUT2D eigenvalue weighted by Crippen LogP contribution is 2.36. The predicted molar refractivity (Wildman–Crippen MR) is 111 cm³/mol. The molecule has 11 heteroatoms. The van der Waals surface area contributed by atoms with Crippen molar-refractivity contribution in [3.8, 4) is 5.69 Å². The van der Waals surface area contributed by atoms with Gasteiger partial charge >= 0.3 is 6.18 Å². The van der Waals surface area contributed by atoms with E-state index in [9.17, 15) is 18.0 Å². The largest absolute Gasteiger partial charge is 0.434 e. The molecular formula is C21H18F3N7O. The molecule has 0 bridgehead atoms. The van der Waals surface area contributed by atoms with Gasteiger partial charge < -0.3 is 20.2 Å². The SMILES string of the molecule is Nc1ncnc2c3c(n(-c4ccc(NC(=O)Cn5cnc(C(F)(F)F)c5)cc4)c12)CCC3. The van der Waals surface area contributed by atoms with E-state index < -0.39 is 17.8 Å². The first-order chi connectivity index (χ1) is 15.3. The molecular weight excluding hydrogens is 423 g/mol. The van der Waals surface area contributed by atoms with Crippen LogP contribution in [0.15, 0.2) is 43.1 Å². The number of halogens is 3. The molecule has 3 N–H and O–H groups in total. The van der Waals surface area contributed by atoms with Crippen LogP contribution in [-0.2, 0) is 30.4 Å². The second-order valence-electron chi connectivity index (χ2n) is 7.59. The molecule has 4 aromatic rings. The number of nitrogens with zero attached hydrogens (tertiary/aromatic N) is 5. The number of amides is 1. The van der Waals surface area contributed by atoms with Gasteiger partial charge in [-0.15, -0.1) is 0 Å². The minimum absolute atomic E-state index is 0.283. The van der Waals surface area contributed by atoms with Gasteiger partial charge in [0.2, 0.25) is 5.91 Å². The highest BCUT2D eigenvalue weighted by atomic mass is 19.4. The van der Waals surface area contributed by atoms with E-state index in [0.29, 0.717) is 11.5 Å². The number of nitrogen functional groups attached to an aromatic ring is 1. The van der Waals surface area contributed by atoms with Gasteiger partial charge in [-0.1, -0.05) is 0 Å². The van der Waals surface area contributed by atoms with Gasteiger partial charge in [-0.2, -0.15) is 13.2 Å². The van der Waals surface area contributed by atoms with E-state index in [4.69, 9.17) is 5.73 Å². The van der Waals surface area contributed by atoms with Crippen molar-refractivity contribution in [2.75, 3.05) is 11.1 Å². The van der Waals surface area contributed by atoms with Gasteiger partial charge in [0.1, 0.15) is 18.4 Å². The van der Waals surface area contributed by atoms with Gasteiger partial charge in [0.25, 0.3) is 0 Å². The van der Waals surface area contributed by atoms with E-state index in [1.54, 1.807) is 12.1 Å². The highest BCUT2D eigenvalue weighted by molar-refractivity contribution is 5.92. The van der Waals surface area contributed by atoms with Crippen LogP contribution in [-0.4, -0.2) is 30.0 Å². The summed E-state index contributed by atoms with van der Waals surface area (Å²) < 4.78 is 41.1. The summed E-state index contributed by atoms with van der Waals surface area (Å²) in [4.78, 5) is 24.1. The van der Waals surface area contributed by atoms with Gasteiger partial charge in [0.05, 0.1) is 11.8 Å². The molecule has 0 radical (unpaired) electrons. The average molecular weight is 441 g/mol. The van der Waals surface area contributed by atoms with Crippen molar-refractivity contribution in [3.05, 3.63) is 60.1 Å². The zero-order chi connectivity index (χ0) is 22.5. The smallest absolute Gasteiger partial charge is 0.382 e. The van der Waals surface area contributed by atoms with Crippen LogP contribution >= 0.6 is 0 Å². The normalized spacial score (nSPS) is 13.5. The molecule has 0 spiro atoms. The summed E-state index contributed by atoms with van der Waals surface area (Å²) in [5.41, 5.74) is 10.5. The predicted octanol–water partition coefficient (Wildman–Crippen LogP) is 3.35. The number of carbonyl (C=O) groups excluding carboxylic acids is 1. The average Bonchev–Trinajstić information content (AvgIpc) is 3.45. The van der Waals surface area contributed by atoms with E-state index in [-0.39, 0.29) is 6.54 Å². The molecule has 0 unspecified atom stereocenters. The molecule has 8 nitrogen and oxygen atoms in total. The number of nitrogens with one attached hydrogen (secondary N) is 1. The molecule has 32 heavy (non-hydrogen) atoms. The molecule has 3 heterocycles. The molecule has 0 fully saturated rings. The molecule has 1 aromatic carbocycles. The monoisotopic (exact) mass is 441 g/mol. The third-order valence-electron chi connectivity index (χ3n) is 5.48. The molecule has 0 saturated carbocycles. The van der Waals surface area contributed by atoms with Crippen LogP contribution in [0.3, 0.4) is 0 Å². The lowest BCUT2D eigenvalue weighted by Gasteiger charge is -2.12. The summed E-state index contributed by atoms with van der Waals surface area (Å²) in [6, 6.07) is 7.16. The lowest BCUT2D eigenvalue weighted by atomic mass is 10.2. The van der Waals surface area contributed by atoms with E-state index in [1.807, 2.05) is 12.1 Å². The maximum absolute atomic E-state index is 12.7. The number of nitrogens with two attached hydrogens (primary N) is 1. The van der Waals surface area contributed by atoms with Crippen LogP contribution in [0.4, 0.5) is 24.7 Å². The van der Waals surface area contributed by atoms with Crippen LogP contribution in [0.5, 0.6) is 0 Å². The van der Waals surface area contributed by atoms with E-state index in [0.717, 1.165) is 58.8 Å². The van der Waals surface area contributed by atoms with E-state index in [2.05, 4.69) is 24.8 Å². The Morgan fingerprint density at radius 2 is 1.91 bits per heavy atom. The molecule has 5 rings (SSSR count). The van der Waals surface area contributed by atoms with Crippen molar-refractivity contribution in [3.63, 3.8) is 0 Å². The molecule has 1 aliphatic rings. The second-order valence-corrected chi connectivity index (χ2v) is 7.59. The van der Waals surface area contributed by atoms with Crippen LogP contribution in [0.25, 0.3) is 16.7 Å². The van der Waals surface area contributed by atoms with Crippen molar-refractivity contribution in [2.45, 2.75) is 32.0 Å². The summed E-state index contributed by atoms with van der Waals surface area (Å²) >= 11 is 0. The summed E-state index contributed by atoms with van der Waals surface area (Å²) in [6.07, 6.45) is 1.60. The van der Waals surface area contributed by atoms with Crippen LogP contribution in [0.1, 0.15) is 23.4 Å². The Morgan fingerprint density at radius 1 is 1.12 bits per heavy atom. The van der Waals surface area contributed by atoms with Gasteiger partial charge in [0, 0.05) is 23.3 Å². The van der Waals surface area contributed by atoms with Gasteiger partial charge in [-0.05, 0) is 49.1 Å². The molecule has 164 valence electrons. The molecule has 0 aliphatic heterocycles. The van der Waals surface area contributed by atoms with Gasteiger partial charge in [0.15, 0.2) is 11.5 Å². The van der Waals surface area contributed by atoms with Crippen molar-refractivity contribution in [2.24, 2.45) is 0 Å². The quantitative estimate of drug-likeness (QED) is 0.506. The second kappa shape index (κ2) is 7.36. The first kappa shape index (κ1) is 20.0. The number of aryl methyl sites for hydroxylation is 1. The minimum atomic E-state index is -4.55. The number of rotatable bonds is 4. The number of carbonyl (C=O) groups is 1. The van der Waals surface area contributed by atoms with Gasteiger partial charge in [-0.25, -0.2) is 15.0 Å². The number of hydrogen-bond donors (Lipinski definition) is 2. The van der Waals surface area contributed by atoms with Crippen molar-refractivity contribution in [1.29, 1.82) is 0 Å². The first-order valence-corrected chi connectivity index (χ1v) is 9.93. The van der Waals surface area contributed by atoms with E-state index in [1.165, 1.54) is 11.9 Å². The summed E-state index contributed by atoms with van der Waals surface area (Å²) in [6.45, 7) is -0.283. The molecule has 0 atom stereocenters. The Balaban J connectivity index is 1.37. The summed E-state index contributed by atoms with van der Waals surface area (Å²) in [5, 5.41) is 2.68. The Bertz CT molecular complexity index is 1320. The third-order valence-corrected chi connectivity index (χ3v) is 5.48. The fourth-order valence-corrected chi connectivity index (χ4v) is 4.14. The van der Waals surface area contributed by atoms with Crippen molar-refractivity contribution < 1.29 is 18.0 Å². The minimum Gasteiger partial charge on any atom is -0.382 e. The lowest BCUT2D eigenvalue weighted by molar-refractivity contribution is -0.141. The maximum Gasteiger partial charge on any atom is 0.434 e. The number of hydrogen-bond acceptors (Lipinski definition) is 5. The lowest BCUT2D eigenvalue weighted by Crippen LogP contribution is -2.18. The molecule has 3 aromatic heterocycles. The number of fused-ring (bicyclic) bond motifs is 3. The van der Waals surface area contributed by atoms with Crippen molar-refractivity contribution in [1.82, 2.24) is 24.1 Å². The molecule has 0 saturated heterocycles. The van der Waals surface area contributed by atoms with Crippen molar-refractivity contribution >= 4 is 28.4 Å². The third kappa shape index (κ3) is 3.45.